The van der Waals surface area contributed by atoms with E-state index in [-0.39, 0.29) is 5.97 Å². The molecular formula is C21H23NO5. The van der Waals surface area contributed by atoms with Crippen LogP contribution in [0.3, 0.4) is 0 Å². The Bertz CT molecular complexity index is 914. The van der Waals surface area contributed by atoms with Crippen LogP contribution in [0.15, 0.2) is 48.7 Å². The number of ether oxygens (including phenoxy) is 4. The minimum Gasteiger partial charge on any atom is -0.497 e. The summed E-state index contributed by atoms with van der Waals surface area (Å²) in [6.07, 6.45) is 2.87. The topological polar surface area (TPSA) is 58.9 Å². The molecule has 0 amide bonds. The second-order valence-corrected chi connectivity index (χ2v) is 5.99. The van der Waals surface area contributed by atoms with Gasteiger partial charge in [-0.2, -0.15) is 0 Å². The van der Waals surface area contributed by atoms with Crippen molar-refractivity contribution in [3.05, 3.63) is 54.2 Å². The quantitative estimate of drug-likeness (QED) is 0.445. The molecule has 2 aromatic carbocycles. The van der Waals surface area contributed by atoms with Crippen molar-refractivity contribution in [3.63, 3.8) is 0 Å². The van der Waals surface area contributed by atoms with Crippen molar-refractivity contribution in [2.75, 3.05) is 27.9 Å². The average molecular weight is 369 g/mol. The van der Waals surface area contributed by atoms with Crippen LogP contribution in [0.1, 0.15) is 16.8 Å². The van der Waals surface area contributed by atoms with Gasteiger partial charge in [-0.05, 0) is 36.8 Å². The fraction of sp³-hybridized carbons (Fsp3) is 0.286. The van der Waals surface area contributed by atoms with Crippen LogP contribution in [0, 0.1) is 0 Å². The molecule has 6 nitrogen and oxygen atoms in total. The van der Waals surface area contributed by atoms with Gasteiger partial charge in [-0.3, -0.25) is 0 Å². The van der Waals surface area contributed by atoms with Gasteiger partial charge in [-0.25, -0.2) is 4.79 Å². The van der Waals surface area contributed by atoms with E-state index in [1.165, 1.54) is 7.11 Å². The lowest BCUT2D eigenvalue weighted by molar-refractivity contribution is 0.0600. The fourth-order valence-electron chi connectivity index (χ4n) is 2.95. The Labute approximate surface area is 158 Å². The molecule has 0 aliphatic rings. The molecule has 0 unspecified atom stereocenters. The molecular weight excluding hydrogens is 346 g/mol. The van der Waals surface area contributed by atoms with Crippen LogP contribution in [-0.2, 0) is 11.3 Å². The number of nitrogens with zero attached hydrogens (tertiary/aromatic N) is 1. The fourth-order valence-corrected chi connectivity index (χ4v) is 2.95. The molecule has 27 heavy (non-hydrogen) atoms. The van der Waals surface area contributed by atoms with Gasteiger partial charge in [-0.1, -0.05) is 0 Å². The monoisotopic (exact) mass is 369 g/mol. The van der Waals surface area contributed by atoms with Gasteiger partial charge in [0.15, 0.2) is 0 Å². The van der Waals surface area contributed by atoms with Crippen molar-refractivity contribution in [1.29, 1.82) is 0 Å². The van der Waals surface area contributed by atoms with Crippen LogP contribution < -0.4 is 14.2 Å². The summed E-state index contributed by atoms with van der Waals surface area (Å²) in [5.74, 6) is 1.93. The Morgan fingerprint density at radius 1 is 0.963 bits per heavy atom. The third kappa shape index (κ3) is 4.16. The van der Waals surface area contributed by atoms with Crippen molar-refractivity contribution in [3.8, 4) is 17.2 Å². The van der Waals surface area contributed by atoms with E-state index in [0.29, 0.717) is 12.2 Å². The summed E-state index contributed by atoms with van der Waals surface area (Å²) in [4.78, 5) is 11.4. The first kappa shape index (κ1) is 18.6. The average Bonchev–Trinajstić information content (AvgIpc) is 3.13. The third-order valence-corrected chi connectivity index (χ3v) is 4.37. The smallest absolute Gasteiger partial charge is 0.337 e. The summed E-state index contributed by atoms with van der Waals surface area (Å²) in [6.45, 7) is 1.37. The van der Waals surface area contributed by atoms with Gasteiger partial charge in [0.1, 0.15) is 17.2 Å². The molecule has 1 aromatic heterocycles. The first-order valence-corrected chi connectivity index (χ1v) is 8.68. The van der Waals surface area contributed by atoms with Crippen LogP contribution in [0.2, 0.25) is 0 Å². The van der Waals surface area contributed by atoms with E-state index < -0.39 is 0 Å². The lowest BCUT2D eigenvalue weighted by atomic mass is 10.2. The van der Waals surface area contributed by atoms with Crippen LogP contribution in [-0.4, -0.2) is 38.5 Å². The molecule has 0 saturated carbocycles. The van der Waals surface area contributed by atoms with E-state index in [9.17, 15) is 4.79 Å². The number of aromatic nitrogens is 1. The van der Waals surface area contributed by atoms with Gasteiger partial charge in [0, 0.05) is 30.3 Å². The zero-order valence-electron chi connectivity index (χ0n) is 15.7. The number of hydrogen-bond donors (Lipinski definition) is 0. The van der Waals surface area contributed by atoms with Crippen molar-refractivity contribution >= 4 is 16.9 Å². The molecule has 0 N–H and O–H groups in total. The van der Waals surface area contributed by atoms with Gasteiger partial charge >= 0.3 is 5.97 Å². The van der Waals surface area contributed by atoms with Gasteiger partial charge in [0.05, 0.1) is 39.0 Å². The maximum absolute atomic E-state index is 11.4. The number of fused-ring (bicyclic) bond motifs is 1. The van der Waals surface area contributed by atoms with Crippen LogP contribution in [0.5, 0.6) is 17.2 Å². The highest BCUT2D eigenvalue weighted by atomic mass is 16.5. The maximum atomic E-state index is 11.4. The minimum atomic E-state index is -0.355. The SMILES string of the molecule is COC(=O)c1ccc(OCCCn2ccc3c(OC)cc(OC)cc32)cc1. The Morgan fingerprint density at radius 3 is 2.41 bits per heavy atom. The Kier molecular flexibility index (Phi) is 5.86. The number of esters is 1. The van der Waals surface area contributed by atoms with Gasteiger partial charge in [0.2, 0.25) is 0 Å². The summed E-state index contributed by atoms with van der Waals surface area (Å²) < 4.78 is 23.4. The molecule has 1 heterocycles. The molecule has 0 bridgehead atoms. The number of carbonyl (C=O) groups excluding carboxylic acids is 1. The Hall–Kier alpha value is -3.15. The first-order chi connectivity index (χ1) is 13.2. The third-order valence-electron chi connectivity index (χ3n) is 4.37. The molecule has 6 heteroatoms. The number of aryl methyl sites for hydroxylation is 1. The molecule has 0 fully saturated rings. The molecule has 0 aliphatic heterocycles. The lowest BCUT2D eigenvalue weighted by Crippen LogP contribution is -2.04. The van der Waals surface area contributed by atoms with Crippen molar-refractivity contribution < 1.29 is 23.7 Å². The van der Waals surface area contributed by atoms with E-state index in [1.807, 2.05) is 24.4 Å². The molecule has 142 valence electrons. The molecule has 0 saturated heterocycles. The van der Waals surface area contributed by atoms with Gasteiger partial charge in [0.25, 0.3) is 0 Å². The largest absolute Gasteiger partial charge is 0.497 e. The van der Waals surface area contributed by atoms with Gasteiger partial charge in [-0.15, -0.1) is 0 Å². The number of hydrogen-bond acceptors (Lipinski definition) is 5. The second kappa shape index (κ2) is 8.49. The highest BCUT2D eigenvalue weighted by Gasteiger charge is 2.09. The second-order valence-electron chi connectivity index (χ2n) is 5.99. The summed E-state index contributed by atoms with van der Waals surface area (Å²) >= 11 is 0. The summed E-state index contributed by atoms with van der Waals surface area (Å²) in [5.41, 5.74) is 1.57. The van der Waals surface area contributed by atoms with Crippen LogP contribution in [0.4, 0.5) is 0 Å². The number of carbonyl (C=O) groups is 1. The number of benzene rings is 2. The zero-order valence-corrected chi connectivity index (χ0v) is 15.7. The van der Waals surface area contributed by atoms with Gasteiger partial charge < -0.3 is 23.5 Å². The zero-order chi connectivity index (χ0) is 19.2. The summed E-state index contributed by atoms with van der Waals surface area (Å²) in [6, 6.07) is 12.9. The molecule has 0 atom stereocenters. The normalized spacial score (nSPS) is 10.6. The molecule has 0 spiro atoms. The van der Waals surface area contributed by atoms with E-state index in [4.69, 9.17) is 14.2 Å². The predicted molar refractivity (Wildman–Crippen MR) is 103 cm³/mol. The standard InChI is InChI=1S/C21H23NO5/c1-24-17-13-19-18(20(14-17)25-2)9-11-22(19)10-4-12-27-16-7-5-15(6-8-16)21(23)26-3/h5-9,11,13-14H,4,10,12H2,1-3H3. The van der Waals surface area contributed by atoms with E-state index in [0.717, 1.165) is 41.1 Å². The first-order valence-electron chi connectivity index (χ1n) is 8.68. The number of rotatable bonds is 8. The molecule has 0 radical (unpaired) electrons. The summed E-state index contributed by atoms with van der Waals surface area (Å²) in [5, 5.41) is 1.05. The Balaban J connectivity index is 1.60. The Morgan fingerprint density at radius 2 is 1.74 bits per heavy atom. The predicted octanol–water partition coefficient (Wildman–Crippen LogP) is 3.91. The highest BCUT2D eigenvalue weighted by Crippen LogP contribution is 2.32. The maximum Gasteiger partial charge on any atom is 0.337 e. The van der Waals surface area contributed by atoms with Crippen molar-refractivity contribution in [2.45, 2.75) is 13.0 Å². The van der Waals surface area contributed by atoms with Crippen LogP contribution >= 0.6 is 0 Å². The summed E-state index contributed by atoms with van der Waals surface area (Å²) in [7, 11) is 4.67. The van der Waals surface area contributed by atoms with Crippen molar-refractivity contribution in [2.24, 2.45) is 0 Å². The highest BCUT2D eigenvalue weighted by molar-refractivity contribution is 5.89. The van der Waals surface area contributed by atoms with E-state index in [2.05, 4.69) is 9.30 Å². The van der Waals surface area contributed by atoms with E-state index >= 15 is 0 Å². The number of methoxy groups -OCH3 is 3. The van der Waals surface area contributed by atoms with Crippen molar-refractivity contribution in [1.82, 2.24) is 4.57 Å². The van der Waals surface area contributed by atoms with E-state index in [1.54, 1.807) is 38.5 Å². The molecule has 3 rings (SSSR count). The lowest BCUT2D eigenvalue weighted by Gasteiger charge is -2.10. The molecule has 0 aliphatic carbocycles. The van der Waals surface area contributed by atoms with Crippen LogP contribution in [0.25, 0.3) is 10.9 Å². The minimum absolute atomic E-state index is 0.355. The molecule has 3 aromatic rings.